The van der Waals surface area contributed by atoms with Crippen LogP contribution in [0.1, 0.15) is 68.3 Å². The molecule has 6 atom stereocenters. The third-order valence-electron chi connectivity index (χ3n) is 10.2. The maximum absolute atomic E-state index is 14.1. The quantitative estimate of drug-likeness (QED) is 0.232. The highest BCUT2D eigenvalue weighted by molar-refractivity contribution is 6.02. The zero-order valence-corrected chi connectivity index (χ0v) is 31.1. The minimum Gasteiger partial charge on any atom is -0.391 e. The summed E-state index contributed by atoms with van der Waals surface area (Å²) in [7, 11) is 0. The Hall–Kier alpha value is -5.02. The molecule has 0 bridgehead atoms. The number of rotatable bonds is 7. The van der Waals surface area contributed by atoms with E-state index in [2.05, 4.69) is 31.5 Å². The molecule has 2 aromatic carbocycles. The molecule has 3 aliphatic heterocycles. The molecule has 0 saturated carbocycles. The normalized spacial score (nSPS) is 25.8. The predicted octanol–water partition coefficient (Wildman–Crippen LogP) is 0.401. The van der Waals surface area contributed by atoms with Gasteiger partial charge in [-0.15, -0.1) is 0 Å². The van der Waals surface area contributed by atoms with Crippen LogP contribution < -0.4 is 31.5 Å². The lowest BCUT2D eigenvalue weighted by Crippen LogP contribution is -2.61. The molecule has 15 nitrogen and oxygen atoms in total. The number of para-hydroxylation sites is 1. The Morgan fingerprint density at radius 3 is 2.26 bits per heavy atom. The van der Waals surface area contributed by atoms with Gasteiger partial charge < -0.3 is 46.2 Å². The Labute approximate surface area is 315 Å². The Morgan fingerprint density at radius 2 is 1.54 bits per heavy atom. The van der Waals surface area contributed by atoms with E-state index in [0.29, 0.717) is 64.1 Å². The third kappa shape index (κ3) is 10.3. The van der Waals surface area contributed by atoms with Crippen molar-refractivity contribution in [1.82, 2.24) is 31.5 Å². The van der Waals surface area contributed by atoms with Crippen molar-refractivity contribution in [2.24, 2.45) is 0 Å². The zero-order chi connectivity index (χ0) is 38.6. The minimum absolute atomic E-state index is 0.119. The van der Waals surface area contributed by atoms with E-state index in [9.17, 15) is 33.9 Å². The van der Waals surface area contributed by atoms with Crippen molar-refractivity contribution in [3.05, 3.63) is 65.7 Å². The largest absolute Gasteiger partial charge is 0.391 e. The fourth-order valence-corrected chi connectivity index (χ4v) is 7.15. The van der Waals surface area contributed by atoms with Crippen LogP contribution in [-0.4, -0.2) is 121 Å². The lowest BCUT2D eigenvalue weighted by Gasteiger charge is -2.31. The lowest BCUT2D eigenvalue weighted by atomic mass is 10.0. The van der Waals surface area contributed by atoms with Crippen molar-refractivity contribution in [3.63, 3.8) is 0 Å². The van der Waals surface area contributed by atoms with Gasteiger partial charge in [0.2, 0.25) is 29.5 Å². The second kappa shape index (κ2) is 19.3. The first-order valence-corrected chi connectivity index (χ1v) is 19.0. The second-order valence-electron chi connectivity index (χ2n) is 14.1. The summed E-state index contributed by atoms with van der Waals surface area (Å²) < 4.78 is 5.48. The Balaban J connectivity index is 1.39. The van der Waals surface area contributed by atoms with Gasteiger partial charge >= 0.3 is 0 Å². The molecule has 0 radical (unpaired) electrons. The van der Waals surface area contributed by atoms with Gasteiger partial charge in [0, 0.05) is 38.3 Å². The van der Waals surface area contributed by atoms with Crippen LogP contribution in [0.25, 0.3) is 0 Å². The number of aliphatic hydroxyl groups is 1. The second-order valence-corrected chi connectivity index (χ2v) is 14.1. The molecule has 6 N–H and O–H groups in total. The number of nitrogens with one attached hydrogen (secondary N) is 5. The zero-order valence-electron chi connectivity index (χ0n) is 31.1. The molecule has 15 heteroatoms. The number of amides is 6. The predicted molar refractivity (Wildman–Crippen MR) is 200 cm³/mol. The smallest absolute Gasteiger partial charge is 0.254 e. The summed E-state index contributed by atoms with van der Waals surface area (Å²) in [4.78, 5) is 86.1. The highest BCUT2D eigenvalue weighted by atomic mass is 16.5. The van der Waals surface area contributed by atoms with Gasteiger partial charge in [-0.25, -0.2) is 0 Å². The van der Waals surface area contributed by atoms with Gasteiger partial charge in [0.05, 0.1) is 24.9 Å². The summed E-state index contributed by atoms with van der Waals surface area (Å²) in [6.45, 7) is 5.91. The molecule has 0 spiro atoms. The number of aliphatic hydroxyl groups excluding tert-OH is 1. The van der Waals surface area contributed by atoms with E-state index in [1.165, 1.54) is 11.8 Å². The van der Waals surface area contributed by atoms with Crippen molar-refractivity contribution in [2.45, 2.75) is 95.1 Å². The van der Waals surface area contributed by atoms with E-state index >= 15 is 0 Å². The SMILES string of the molecule is CC[C@@H]1NC(=O)[C@@H](NC(=O)c2ccccc2N2CCOCC2)CCCCNC(=O)[C@@H]2CCCN2C(=O)[C@@H](Cc2ccccc2)NC(=O)[C@H]([C@@H](C)O)NC1=O. The fraction of sp³-hybridized carbons (Fsp3) is 0.538. The highest BCUT2D eigenvalue weighted by Gasteiger charge is 2.39. The molecule has 6 amide bonds. The summed E-state index contributed by atoms with van der Waals surface area (Å²) in [5, 5.41) is 24.5. The van der Waals surface area contributed by atoms with Crippen LogP contribution in [0, 0.1) is 0 Å². The number of anilines is 1. The molecular weight excluding hydrogens is 694 g/mol. The molecule has 3 saturated heterocycles. The van der Waals surface area contributed by atoms with E-state index in [0.717, 1.165) is 11.3 Å². The third-order valence-corrected chi connectivity index (χ3v) is 10.2. The van der Waals surface area contributed by atoms with Crippen molar-refractivity contribution < 1.29 is 38.6 Å². The maximum Gasteiger partial charge on any atom is 0.254 e. The minimum atomic E-state index is -1.47. The van der Waals surface area contributed by atoms with Crippen LogP contribution >= 0.6 is 0 Å². The molecule has 292 valence electrons. The van der Waals surface area contributed by atoms with Crippen molar-refractivity contribution in [3.8, 4) is 0 Å². The molecule has 5 rings (SSSR count). The van der Waals surface area contributed by atoms with E-state index < -0.39 is 65.8 Å². The number of ether oxygens (including phenoxy) is 1. The van der Waals surface area contributed by atoms with Gasteiger partial charge in [-0.3, -0.25) is 28.8 Å². The van der Waals surface area contributed by atoms with Gasteiger partial charge in [0.15, 0.2) is 0 Å². The number of morpholine rings is 1. The number of hydrogen-bond acceptors (Lipinski definition) is 9. The van der Waals surface area contributed by atoms with Crippen molar-refractivity contribution in [1.29, 1.82) is 0 Å². The highest BCUT2D eigenvalue weighted by Crippen LogP contribution is 2.23. The fourth-order valence-electron chi connectivity index (χ4n) is 7.15. The molecule has 0 aliphatic carbocycles. The maximum atomic E-state index is 14.1. The monoisotopic (exact) mass is 747 g/mol. The first-order chi connectivity index (χ1) is 26.1. The van der Waals surface area contributed by atoms with E-state index in [4.69, 9.17) is 4.74 Å². The molecule has 3 heterocycles. The molecule has 3 fully saturated rings. The average Bonchev–Trinajstić information content (AvgIpc) is 3.68. The van der Waals surface area contributed by atoms with Gasteiger partial charge in [-0.05, 0) is 63.1 Å². The number of benzene rings is 2. The van der Waals surface area contributed by atoms with E-state index in [-0.39, 0.29) is 31.7 Å². The topological polar surface area (TPSA) is 199 Å². The lowest BCUT2D eigenvalue weighted by molar-refractivity contribution is -0.142. The summed E-state index contributed by atoms with van der Waals surface area (Å²) >= 11 is 0. The molecule has 54 heavy (non-hydrogen) atoms. The molecule has 2 aromatic rings. The molecule has 3 aliphatic rings. The Kier molecular flexibility index (Phi) is 14.4. The van der Waals surface area contributed by atoms with Crippen molar-refractivity contribution in [2.75, 3.05) is 44.3 Å². The number of fused-ring (bicyclic) bond motifs is 1. The van der Waals surface area contributed by atoms with Crippen LogP contribution in [0.4, 0.5) is 5.69 Å². The van der Waals surface area contributed by atoms with Crippen molar-refractivity contribution >= 4 is 41.1 Å². The number of nitrogens with zero attached hydrogens (tertiary/aromatic N) is 2. The average molecular weight is 748 g/mol. The molecule has 0 unspecified atom stereocenters. The number of carbonyl (C=O) groups excluding carboxylic acids is 6. The summed E-state index contributed by atoms with van der Waals surface area (Å²) in [6.07, 6.45) is 1.09. The van der Waals surface area contributed by atoms with Crippen LogP contribution in [0.5, 0.6) is 0 Å². The summed E-state index contributed by atoms with van der Waals surface area (Å²) in [6, 6.07) is 10.8. The Morgan fingerprint density at radius 1 is 0.833 bits per heavy atom. The first kappa shape index (κ1) is 40.2. The number of hydrogen-bond donors (Lipinski definition) is 6. The van der Waals surface area contributed by atoms with Gasteiger partial charge in [-0.2, -0.15) is 0 Å². The molecule has 0 aromatic heterocycles. The van der Waals surface area contributed by atoms with Crippen LogP contribution in [0.2, 0.25) is 0 Å². The van der Waals surface area contributed by atoms with E-state index in [1.54, 1.807) is 19.1 Å². The number of carbonyl (C=O) groups is 6. The van der Waals surface area contributed by atoms with Crippen LogP contribution in [0.15, 0.2) is 54.6 Å². The summed E-state index contributed by atoms with van der Waals surface area (Å²) in [5.74, 6) is -3.31. The summed E-state index contributed by atoms with van der Waals surface area (Å²) in [5.41, 5.74) is 1.88. The van der Waals surface area contributed by atoms with Gasteiger partial charge in [0.1, 0.15) is 30.2 Å². The van der Waals surface area contributed by atoms with Gasteiger partial charge in [0.25, 0.3) is 5.91 Å². The van der Waals surface area contributed by atoms with Crippen LogP contribution in [0.3, 0.4) is 0 Å². The molecular formula is C39H53N7O8. The van der Waals surface area contributed by atoms with Gasteiger partial charge in [-0.1, -0.05) is 49.4 Å². The standard InChI is InChI=1S/C39H53N7O8/c1-3-28-35(49)44-33(25(2)47)38(52)43-30(24-26-12-5-4-6-13-26)39(53)46-19-11-17-32(46)37(51)40-18-10-9-15-29(36(50)41-28)42-34(48)27-14-7-8-16-31(27)45-20-22-54-23-21-45/h4-8,12-14,16,25,28-30,32-33,47H,3,9-11,15,17-24H2,1-2H3,(H,40,51)(H,41,50)(H,42,48)(H,43,52)(H,44,49)/t25-,28+,29+,30-,32+,33+/m1/s1. The Bertz CT molecular complexity index is 1630. The van der Waals surface area contributed by atoms with Crippen LogP contribution in [-0.2, 0) is 35.1 Å². The van der Waals surface area contributed by atoms with E-state index in [1.807, 2.05) is 42.5 Å². The first-order valence-electron chi connectivity index (χ1n) is 19.0.